The zero-order chi connectivity index (χ0) is 15.7. The Morgan fingerprint density at radius 3 is 2.71 bits per heavy atom. The van der Waals surface area contributed by atoms with Gasteiger partial charge in [0, 0.05) is 17.3 Å². The summed E-state index contributed by atoms with van der Waals surface area (Å²) in [6.45, 7) is 2.95. The van der Waals surface area contributed by atoms with Gasteiger partial charge < -0.3 is 10.1 Å². The van der Waals surface area contributed by atoms with Crippen molar-refractivity contribution in [3.63, 3.8) is 0 Å². The van der Waals surface area contributed by atoms with Crippen LogP contribution in [0, 0.1) is 0 Å². The molecule has 1 N–H and O–H groups in total. The van der Waals surface area contributed by atoms with E-state index in [4.69, 9.17) is 27.0 Å². The average Bonchev–Trinajstić information content (AvgIpc) is 2.38. The Labute approximate surface area is 133 Å². The minimum absolute atomic E-state index is 0.0743. The highest BCUT2D eigenvalue weighted by Crippen LogP contribution is 2.25. The Morgan fingerprint density at radius 1 is 1.43 bits per heavy atom. The third kappa shape index (κ3) is 4.10. The van der Waals surface area contributed by atoms with Gasteiger partial charge in [-0.1, -0.05) is 11.6 Å². The first-order valence-electron chi connectivity index (χ1n) is 6.36. The molecule has 21 heavy (non-hydrogen) atoms. The third-order valence-electron chi connectivity index (χ3n) is 3.32. The van der Waals surface area contributed by atoms with Crippen molar-refractivity contribution in [1.82, 2.24) is 5.32 Å². The molecule has 1 aromatic carbocycles. The van der Waals surface area contributed by atoms with Gasteiger partial charge in [-0.15, -0.1) is 0 Å². The van der Waals surface area contributed by atoms with Gasteiger partial charge in [-0.3, -0.25) is 4.79 Å². The van der Waals surface area contributed by atoms with Crippen molar-refractivity contribution >= 4 is 37.2 Å². The van der Waals surface area contributed by atoms with Crippen LogP contribution < -0.4 is 5.32 Å². The molecule has 1 aromatic rings. The summed E-state index contributed by atoms with van der Waals surface area (Å²) in [6.07, 6.45) is 1.63. The molecule has 0 aromatic heterocycles. The van der Waals surface area contributed by atoms with Crippen molar-refractivity contribution in [2.45, 2.75) is 30.2 Å². The van der Waals surface area contributed by atoms with E-state index in [0.29, 0.717) is 13.2 Å². The molecule has 1 aliphatic rings. The quantitative estimate of drug-likeness (QED) is 0.849. The van der Waals surface area contributed by atoms with E-state index < -0.39 is 20.5 Å². The molecule has 0 aliphatic carbocycles. The molecule has 2 rings (SSSR count). The third-order valence-corrected chi connectivity index (χ3v) is 5.00. The van der Waals surface area contributed by atoms with Crippen molar-refractivity contribution in [3.8, 4) is 0 Å². The largest absolute Gasteiger partial charge is 0.379 e. The lowest BCUT2D eigenvalue weighted by molar-refractivity contribution is 0.0272. The summed E-state index contributed by atoms with van der Waals surface area (Å²) >= 11 is 5.97. The van der Waals surface area contributed by atoms with Crippen molar-refractivity contribution in [2.75, 3.05) is 13.2 Å². The molecule has 0 bridgehead atoms. The van der Waals surface area contributed by atoms with Gasteiger partial charge in [-0.2, -0.15) is 0 Å². The number of ether oxygens (including phenoxy) is 1. The monoisotopic (exact) mass is 351 g/mol. The summed E-state index contributed by atoms with van der Waals surface area (Å²) in [5.41, 5.74) is -0.417. The zero-order valence-electron chi connectivity index (χ0n) is 11.4. The summed E-state index contributed by atoms with van der Waals surface area (Å²) in [5, 5.41) is 3.01. The molecular formula is C13H15Cl2NO4S. The predicted molar refractivity (Wildman–Crippen MR) is 80.4 cm³/mol. The van der Waals surface area contributed by atoms with Crippen LogP contribution in [0.3, 0.4) is 0 Å². The lowest BCUT2D eigenvalue weighted by Gasteiger charge is -2.34. The second-order valence-electron chi connectivity index (χ2n) is 5.25. The number of halogens is 2. The van der Waals surface area contributed by atoms with Crippen LogP contribution in [0.2, 0.25) is 5.02 Å². The molecule has 1 heterocycles. The smallest absolute Gasteiger partial charge is 0.261 e. The molecule has 1 fully saturated rings. The Morgan fingerprint density at radius 2 is 2.14 bits per heavy atom. The second kappa shape index (κ2) is 6.12. The molecule has 1 atom stereocenters. The predicted octanol–water partition coefficient (Wildman–Crippen LogP) is 2.57. The first-order chi connectivity index (χ1) is 9.71. The van der Waals surface area contributed by atoms with Crippen LogP contribution in [0.1, 0.15) is 30.1 Å². The van der Waals surface area contributed by atoms with E-state index in [0.717, 1.165) is 12.8 Å². The highest BCUT2D eigenvalue weighted by molar-refractivity contribution is 8.13. The Kier molecular flexibility index (Phi) is 4.82. The number of hydrogen-bond acceptors (Lipinski definition) is 4. The van der Waals surface area contributed by atoms with Crippen LogP contribution in [0.5, 0.6) is 0 Å². The Bertz CT molecular complexity index is 654. The second-order valence-corrected chi connectivity index (χ2v) is 8.22. The van der Waals surface area contributed by atoms with Crippen LogP contribution in [-0.2, 0) is 13.8 Å². The minimum Gasteiger partial charge on any atom is -0.379 e. The Balaban J connectivity index is 2.26. The summed E-state index contributed by atoms with van der Waals surface area (Å²) in [4.78, 5) is 12.2. The SMILES string of the molecule is CC1(NC(=O)c2cc(S(=O)(=O)Cl)ccc2Cl)CCCOC1. The van der Waals surface area contributed by atoms with Gasteiger partial charge in [0.1, 0.15) is 0 Å². The van der Waals surface area contributed by atoms with E-state index in [1.165, 1.54) is 18.2 Å². The fourth-order valence-electron chi connectivity index (χ4n) is 2.20. The lowest BCUT2D eigenvalue weighted by atomic mass is 9.94. The van der Waals surface area contributed by atoms with E-state index in [1.54, 1.807) is 0 Å². The maximum absolute atomic E-state index is 12.3. The van der Waals surface area contributed by atoms with Gasteiger partial charge >= 0.3 is 0 Å². The first-order valence-corrected chi connectivity index (χ1v) is 9.04. The van der Waals surface area contributed by atoms with Crippen LogP contribution >= 0.6 is 22.3 Å². The normalized spacial score (nSPS) is 22.8. The van der Waals surface area contributed by atoms with E-state index in [9.17, 15) is 13.2 Å². The Hall–Kier alpha value is -0.820. The fraction of sp³-hybridized carbons (Fsp3) is 0.462. The summed E-state index contributed by atoms with van der Waals surface area (Å²) in [6, 6.07) is 3.77. The zero-order valence-corrected chi connectivity index (χ0v) is 13.7. The van der Waals surface area contributed by atoms with Gasteiger partial charge in [0.05, 0.1) is 27.6 Å². The first kappa shape index (κ1) is 16.5. The molecule has 0 saturated carbocycles. The van der Waals surface area contributed by atoms with E-state index in [-0.39, 0.29) is 15.5 Å². The fourth-order valence-corrected chi connectivity index (χ4v) is 3.18. The molecule has 1 amide bonds. The molecule has 1 unspecified atom stereocenters. The van der Waals surface area contributed by atoms with Gasteiger partial charge in [-0.05, 0) is 38.0 Å². The number of amides is 1. The highest BCUT2D eigenvalue weighted by atomic mass is 35.7. The van der Waals surface area contributed by atoms with Gasteiger partial charge in [-0.25, -0.2) is 8.42 Å². The summed E-state index contributed by atoms with van der Waals surface area (Å²) in [7, 11) is 1.37. The number of carbonyl (C=O) groups excluding carboxylic acids is 1. The highest BCUT2D eigenvalue weighted by Gasteiger charge is 2.30. The lowest BCUT2D eigenvalue weighted by Crippen LogP contribution is -2.51. The number of carbonyl (C=O) groups is 1. The molecular weight excluding hydrogens is 337 g/mol. The molecule has 5 nitrogen and oxygen atoms in total. The number of nitrogens with one attached hydrogen (secondary N) is 1. The summed E-state index contributed by atoms with van der Waals surface area (Å²) < 4.78 is 28.1. The van der Waals surface area contributed by atoms with Crippen LogP contribution in [0.25, 0.3) is 0 Å². The van der Waals surface area contributed by atoms with Crippen molar-refractivity contribution in [1.29, 1.82) is 0 Å². The van der Waals surface area contributed by atoms with Gasteiger partial charge in [0.15, 0.2) is 0 Å². The van der Waals surface area contributed by atoms with Gasteiger partial charge in [0.2, 0.25) is 0 Å². The van der Waals surface area contributed by atoms with Crippen LogP contribution in [0.4, 0.5) is 0 Å². The maximum Gasteiger partial charge on any atom is 0.261 e. The summed E-state index contributed by atoms with van der Waals surface area (Å²) in [5.74, 6) is -0.449. The molecule has 1 saturated heterocycles. The van der Waals surface area contributed by atoms with E-state index >= 15 is 0 Å². The topological polar surface area (TPSA) is 72.5 Å². The molecule has 1 aliphatic heterocycles. The average molecular weight is 352 g/mol. The van der Waals surface area contributed by atoms with Crippen LogP contribution in [-0.4, -0.2) is 33.1 Å². The van der Waals surface area contributed by atoms with Gasteiger partial charge in [0.25, 0.3) is 15.0 Å². The standard InChI is InChI=1S/C13H15Cl2NO4S/c1-13(5-2-6-20-8-13)16-12(17)10-7-9(21(15,18)19)3-4-11(10)14/h3-4,7H,2,5-6,8H2,1H3,(H,16,17). The number of benzene rings is 1. The maximum atomic E-state index is 12.3. The number of hydrogen-bond donors (Lipinski definition) is 1. The minimum atomic E-state index is -3.92. The van der Waals surface area contributed by atoms with Crippen molar-refractivity contribution in [3.05, 3.63) is 28.8 Å². The molecule has 8 heteroatoms. The molecule has 0 spiro atoms. The van der Waals surface area contributed by atoms with Crippen molar-refractivity contribution < 1.29 is 17.9 Å². The van der Waals surface area contributed by atoms with E-state index in [2.05, 4.69) is 5.32 Å². The number of rotatable bonds is 3. The molecule has 0 radical (unpaired) electrons. The molecule has 116 valence electrons. The van der Waals surface area contributed by atoms with Crippen LogP contribution in [0.15, 0.2) is 23.1 Å². The van der Waals surface area contributed by atoms with E-state index in [1.807, 2.05) is 6.92 Å². The van der Waals surface area contributed by atoms with Crippen molar-refractivity contribution in [2.24, 2.45) is 0 Å².